The molecule has 0 atom stereocenters. The summed E-state index contributed by atoms with van der Waals surface area (Å²) < 4.78 is 12.3. The number of rotatable bonds is 0. The highest BCUT2D eigenvalue weighted by Crippen LogP contribution is 2.04. The minimum absolute atomic E-state index is 0. The van der Waals surface area contributed by atoms with Crippen molar-refractivity contribution in [1.29, 1.82) is 0 Å². The topological polar surface area (TPSA) is 63.0 Å². The summed E-state index contributed by atoms with van der Waals surface area (Å²) in [5.74, 6) is -0.239. The maximum Gasteiger partial charge on any atom is 0.141 e. The average Bonchev–Trinajstić information content (AvgIpc) is 1.80. The normalized spacial score (nSPS) is 7.82. The van der Waals surface area contributed by atoms with Crippen LogP contribution in [-0.4, -0.2) is 18.8 Å². The predicted octanol–water partition coefficient (Wildman–Crippen LogP) is -0.912. The maximum absolute atomic E-state index is 12.3. The number of benzene rings is 1. The molecule has 0 radical (unpaired) electrons. The summed E-state index contributed by atoms with van der Waals surface area (Å²) in [5, 5.41) is 0.608. The van der Waals surface area contributed by atoms with Crippen molar-refractivity contribution < 1.29 is 15.3 Å². The molecule has 5 heteroatoms. The van der Waals surface area contributed by atoms with Gasteiger partial charge in [-0.1, -0.05) is 17.1 Å². The summed E-state index contributed by atoms with van der Waals surface area (Å²) in [6.45, 7) is 0. The standard InChI is InChI=1S/C6H5BClF.2H2O/c7-5-3-4(9)1-2-6(5)8;;/h1-3H,7H2;2*1H2. The Labute approximate surface area is 70.0 Å². The third kappa shape index (κ3) is 3.37. The van der Waals surface area contributed by atoms with Gasteiger partial charge in [0, 0.05) is 5.02 Å². The van der Waals surface area contributed by atoms with E-state index in [1.165, 1.54) is 12.1 Å². The van der Waals surface area contributed by atoms with Gasteiger partial charge in [0.25, 0.3) is 0 Å². The lowest BCUT2D eigenvalue weighted by Crippen LogP contribution is -2.03. The molecule has 0 aromatic heterocycles. The summed E-state index contributed by atoms with van der Waals surface area (Å²) in [5.41, 5.74) is 0.775. The zero-order valence-corrected chi connectivity index (χ0v) is 6.74. The van der Waals surface area contributed by atoms with E-state index in [0.717, 1.165) is 5.46 Å². The SMILES string of the molecule is Bc1cc(F)ccc1Cl.O.O. The molecule has 62 valence electrons. The smallest absolute Gasteiger partial charge is 0.141 e. The number of hydrogen-bond acceptors (Lipinski definition) is 0. The Balaban J connectivity index is 0. The van der Waals surface area contributed by atoms with Gasteiger partial charge in [0.05, 0.1) is 0 Å². The fourth-order valence-electron chi connectivity index (χ4n) is 0.608. The van der Waals surface area contributed by atoms with Crippen LogP contribution in [0, 0.1) is 5.82 Å². The summed E-state index contributed by atoms with van der Waals surface area (Å²) >= 11 is 5.61. The molecule has 0 saturated heterocycles. The fraction of sp³-hybridized carbons (Fsp3) is 0. The lowest BCUT2D eigenvalue weighted by Gasteiger charge is -1.94. The molecule has 1 aromatic carbocycles. The first-order chi connectivity index (χ1) is 4.20. The van der Waals surface area contributed by atoms with Gasteiger partial charge in [-0.15, -0.1) is 0 Å². The molecule has 0 saturated carbocycles. The highest BCUT2D eigenvalue weighted by molar-refractivity contribution is 6.44. The molecule has 0 bridgehead atoms. The Kier molecular flexibility index (Phi) is 6.08. The quantitative estimate of drug-likeness (QED) is 0.462. The molecule has 11 heavy (non-hydrogen) atoms. The third-order valence-corrected chi connectivity index (χ3v) is 1.54. The maximum atomic E-state index is 12.3. The molecule has 0 spiro atoms. The van der Waals surface area contributed by atoms with E-state index in [-0.39, 0.29) is 16.8 Å². The number of halogens is 2. The highest BCUT2D eigenvalue weighted by Gasteiger charge is 1.93. The van der Waals surface area contributed by atoms with Gasteiger partial charge in [-0.25, -0.2) is 4.39 Å². The van der Waals surface area contributed by atoms with E-state index in [2.05, 4.69) is 0 Å². The lowest BCUT2D eigenvalue weighted by molar-refractivity contribution is 0.629. The van der Waals surface area contributed by atoms with Gasteiger partial charge in [0.15, 0.2) is 0 Å². The zero-order valence-electron chi connectivity index (χ0n) is 5.99. The van der Waals surface area contributed by atoms with Crippen LogP contribution in [0.4, 0.5) is 4.39 Å². The van der Waals surface area contributed by atoms with E-state index in [0.29, 0.717) is 5.02 Å². The highest BCUT2D eigenvalue weighted by atomic mass is 35.5. The second kappa shape index (κ2) is 5.13. The first-order valence-electron chi connectivity index (χ1n) is 2.62. The number of hydrogen-bond donors (Lipinski definition) is 0. The van der Waals surface area contributed by atoms with E-state index in [9.17, 15) is 4.39 Å². The van der Waals surface area contributed by atoms with Crippen LogP contribution in [0.5, 0.6) is 0 Å². The first kappa shape index (κ1) is 13.0. The van der Waals surface area contributed by atoms with Gasteiger partial charge < -0.3 is 11.0 Å². The summed E-state index contributed by atoms with van der Waals surface area (Å²) in [6.07, 6.45) is 0. The third-order valence-electron chi connectivity index (χ3n) is 1.12. The molecule has 2 nitrogen and oxygen atoms in total. The van der Waals surface area contributed by atoms with Gasteiger partial charge in [0.1, 0.15) is 13.7 Å². The molecule has 0 aliphatic carbocycles. The molecule has 4 N–H and O–H groups in total. The van der Waals surface area contributed by atoms with Gasteiger partial charge in [-0.2, -0.15) is 0 Å². The molecule has 1 rings (SSSR count). The summed E-state index contributed by atoms with van der Waals surface area (Å²) in [4.78, 5) is 0. The molecule has 0 heterocycles. The van der Waals surface area contributed by atoms with Crippen molar-refractivity contribution in [3.05, 3.63) is 29.0 Å². The largest absolute Gasteiger partial charge is 0.412 e. The first-order valence-corrected chi connectivity index (χ1v) is 2.99. The molecule has 0 unspecified atom stereocenters. The minimum Gasteiger partial charge on any atom is -0.412 e. The van der Waals surface area contributed by atoms with Crippen molar-refractivity contribution >= 4 is 24.9 Å². The Bertz CT molecular complexity index is 232. The molecule has 0 fully saturated rings. The van der Waals surface area contributed by atoms with Crippen LogP contribution in [0.15, 0.2) is 18.2 Å². The molecule has 1 aromatic rings. The van der Waals surface area contributed by atoms with Crippen molar-refractivity contribution in [2.45, 2.75) is 0 Å². The van der Waals surface area contributed by atoms with Crippen LogP contribution in [-0.2, 0) is 0 Å². The van der Waals surface area contributed by atoms with E-state index in [1.807, 2.05) is 0 Å². The minimum atomic E-state index is -0.239. The van der Waals surface area contributed by atoms with Crippen LogP contribution in [0.25, 0.3) is 0 Å². The van der Waals surface area contributed by atoms with Crippen molar-refractivity contribution in [1.82, 2.24) is 0 Å². The lowest BCUT2D eigenvalue weighted by atomic mass is 9.96. The van der Waals surface area contributed by atoms with Crippen molar-refractivity contribution in [2.75, 3.05) is 0 Å². The predicted molar refractivity (Wildman–Crippen MR) is 46.8 cm³/mol. The monoisotopic (exact) mass is 178 g/mol. The van der Waals surface area contributed by atoms with Crippen molar-refractivity contribution in [2.24, 2.45) is 0 Å². The van der Waals surface area contributed by atoms with E-state index >= 15 is 0 Å². The molecular weight excluding hydrogens is 169 g/mol. The van der Waals surface area contributed by atoms with Crippen molar-refractivity contribution in [3.8, 4) is 0 Å². The second-order valence-electron chi connectivity index (χ2n) is 1.89. The van der Waals surface area contributed by atoms with Crippen molar-refractivity contribution in [3.63, 3.8) is 0 Å². The van der Waals surface area contributed by atoms with E-state index in [4.69, 9.17) is 11.6 Å². The van der Waals surface area contributed by atoms with Crippen LogP contribution in [0.1, 0.15) is 0 Å². The van der Waals surface area contributed by atoms with Gasteiger partial charge >= 0.3 is 0 Å². The Morgan fingerprint density at radius 1 is 1.27 bits per heavy atom. The van der Waals surface area contributed by atoms with Gasteiger partial charge in [0.2, 0.25) is 0 Å². The zero-order chi connectivity index (χ0) is 6.85. The van der Waals surface area contributed by atoms with Gasteiger partial charge in [-0.05, 0) is 18.2 Å². The Hall–Kier alpha value is -0.575. The van der Waals surface area contributed by atoms with Crippen LogP contribution in [0.2, 0.25) is 5.02 Å². The fourth-order valence-corrected chi connectivity index (χ4v) is 0.726. The van der Waals surface area contributed by atoms with E-state index < -0.39 is 0 Å². The Morgan fingerprint density at radius 3 is 2.18 bits per heavy atom. The van der Waals surface area contributed by atoms with Crippen LogP contribution in [0.3, 0.4) is 0 Å². The molecular formula is C6H9BClFO2. The molecule has 0 aliphatic rings. The Morgan fingerprint density at radius 2 is 1.82 bits per heavy atom. The summed E-state index contributed by atoms with van der Waals surface area (Å²) in [6, 6.07) is 4.30. The van der Waals surface area contributed by atoms with Crippen LogP contribution < -0.4 is 5.46 Å². The average molecular weight is 178 g/mol. The second-order valence-corrected chi connectivity index (χ2v) is 2.30. The van der Waals surface area contributed by atoms with Gasteiger partial charge in [-0.3, -0.25) is 0 Å². The van der Waals surface area contributed by atoms with Crippen LogP contribution >= 0.6 is 11.6 Å². The molecule has 0 aliphatic heterocycles. The summed E-state index contributed by atoms with van der Waals surface area (Å²) in [7, 11) is 1.77. The molecule has 0 amide bonds. The van der Waals surface area contributed by atoms with E-state index in [1.54, 1.807) is 13.9 Å².